The Labute approximate surface area is 193 Å². The van der Waals surface area contributed by atoms with Crippen LogP contribution < -0.4 is 15.2 Å². The summed E-state index contributed by atoms with van der Waals surface area (Å²) in [6.07, 6.45) is 8.54. The van der Waals surface area contributed by atoms with Crippen LogP contribution in [-0.2, 0) is 18.2 Å². The summed E-state index contributed by atoms with van der Waals surface area (Å²) in [5, 5.41) is 0. The first-order valence-corrected chi connectivity index (χ1v) is 11.8. The van der Waals surface area contributed by atoms with Crippen LogP contribution in [0.2, 0.25) is 0 Å². The second kappa shape index (κ2) is 9.47. The second-order valence-electron chi connectivity index (χ2n) is 9.13. The van der Waals surface area contributed by atoms with Gasteiger partial charge in [0.15, 0.2) is 0 Å². The van der Waals surface area contributed by atoms with E-state index in [1.165, 1.54) is 6.20 Å². The molecule has 0 amide bonds. The Kier molecular flexibility index (Phi) is 6.26. The van der Waals surface area contributed by atoms with Crippen LogP contribution in [0.5, 0.6) is 5.75 Å². The average molecular weight is 450 g/mol. The lowest BCUT2D eigenvalue weighted by Crippen LogP contribution is -2.36. The molecule has 0 atom stereocenters. The van der Waals surface area contributed by atoms with E-state index in [1.807, 2.05) is 25.3 Å². The third-order valence-corrected chi connectivity index (χ3v) is 6.81. The Morgan fingerprint density at radius 3 is 2.67 bits per heavy atom. The van der Waals surface area contributed by atoms with Gasteiger partial charge in [0.2, 0.25) is 0 Å². The van der Waals surface area contributed by atoms with E-state index in [-0.39, 0.29) is 11.7 Å². The molecule has 174 valence electrons. The fourth-order valence-electron chi connectivity index (χ4n) is 4.98. The molecule has 3 aromatic rings. The largest absolute Gasteiger partial charge is 0.488 e. The van der Waals surface area contributed by atoms with Gasteiger partial charge in [-0.05, 0) is 57.1 Å². The molecule has 0 unspecified atom stereocenters. The van der Waals surface area contributed by atoms with Crippen LogP contribution in [0.3, 0.4) is 0 Å². The van der Waals surface area contributed by atoms with Crippen molar-refractivity contribution < 1.29 is 9.47 Å². The molecule has 0 spiro atoms. The van der Waals surface area contributed by atoms with Gasteiger partial charge in [0.1, 0.15) is 17.1 Å². The van der Waals surface area contributed by atoms with Crippen LogP contribution >= 0.6 is 0 Å². The Balaban J connectivity index is 1.34. The molecule has 2 fully saturated rings. The summed E-state index contributed by atoms with van der Waals surface area (Å²) in [4.78, 5) is 27.8. The topological polar surface area (TPSA) is 82.4 Å². The van der Waals surface area contributed by atoms with Gasteiger partial charge in [0.25, 0.3) is 5.56 Å². The minimum Gasteiger partial charge on any atom is -0.488 e. The first-order chi connectivity index (χ1) is 16.1. The standard InChI is InChI=1S/C25H31N5O3/c1-17-26-8-7-19(28-17)13-18-3-5-21(6-4-18)33-23-15-20(30-9-11-32-12-10-30)14-22-25(23)29(2)24(31)16-27-22/h7-8,14-16,18,21H,3-6,9-13H2,1-2H3. The van der Waals surface area contributed by atoms with Gasteiger partial charge in [-0.25, -0.2) is 15.0 Å². The molecule has 2 aliphatic rings. The predicted molar refractivity (Wildman–Crippen MR) is 127 cm³/mol. The quantitative estimate of drug-likeness (QED) is 0.592. The monoisotopic (exact) mass is 449 g/mol. The summed E-state index contributed by atoms with van der Waals surface area (Å²) in [5.41, 5.74) is 3.61. The van der Waals surface area contributed by atoms with Gasteiger partial charge in [-0.2, -0.15) is 0 Å². The summed E-state index contributed by atoms with van der Waals surface area (Å²) in [7, 11) is 1.79. The molecule has 0 N–H and O–H groups in total. The smallest absolute Gasteiger partial charge is 0.269 e. The summed E-state index contributed by atoms with van der Waals surface area (Å²) in [6.45, 7) is 5.04. The molecule has 0 radical (unpaired) electrons. The zero-order valence-corrected chi connectivity index (χ0v) is 19.4. The molecule has 1 aliphatic heterocycles. The third-order valence-electron chi connectivity index (χ3n) is 6.81. The zero-order chi connectivity index (χ0) is 22.8. The van der Waals surface area contributed by atoms with Crippen molar-refractivity contribution in [3.05, 3.63) is 52.5 Å². The molecule has 0 bridgehead atoms. The van der Waals surface area contributed by atoms with Gasteiger partial charge in [-0.15, -0.1) is 0 Å². The van der Waals surface area contributed by atoms with Crippen molar-refractivity contribution in [3.63, 3.8) is 0 Å². The summed E-state index contributed by atoms with van der Waals surface area (Å²) in [6, 6.07) is 6.14. The normalized spacial score (nSPS) is 21.3. The number of morpholine rings is 1. The number of rotatable bonds is 5. The number of anilines is 1. The van der Waals surface area contributed by atoms with Crippen molar-refractivity contribution >= 4 is 16.7 Å². The number of hydrogen-bond acceptors (Lipinski definition) is 7. The minimum atomic E-state index is -0.129. The van der Waals surface area contributed by atoms with Gasteiger partial charge in [-0.3, -0.25) is 4.79 Å². The van der Waals surface area contributed by atoms with Crippen LogP contribution in [0.25, 0.3) is 11.0 Å². The number of aryl methyl sites for hydroxylation is 2. The van der Waals surface area contributed by atoms with Crippen LogP contribution in [0.4, 0.5) is 5.69 Å². The number of aromatic nitrogens is 4. The number of hydrogen-bond donors (Lipinski definition) is 0. The third kappa shape index (κ3) is 4.85. The highest BCUT2D eigenvalue weighted by molar-refractivity contribution is 5.85. The van der Waals surface area contributed by atoms with Gasteiger partial charge >= 0.3 is 0 Å². The molecule has 5 rings (SSSR count). The van der Waals surface area contributed by atoms with E-state index in [0.29, 0.717) is 19.1 Å². The van der Waals surface area contributed by atoms with Crippen molar-refractivity contribution in [2.24, 2.45) is 13.0 Å². The van der Waals surface area contributed by atoms with E-state index in [0.717, 1.165) is 79.2 Å². The van der Waals surface area contributed by atoms with Crippen molar-refractivity contribution in [1.29, 1.82) is 0 Å². The van der Waals surface area contributed by atoms with Crippen LogP contribution in [0.15, 0.2) is 35.4 Å². The lowest BCUT2D eigenvalue weighted by molar-refractivity contribution is 0.122. The second-order valence-corrected chi connectivity index (χ2v) is 9.13. The van der Waals surface area contributed by atoms with Crippen LogP contribution in [0, 0.1) is 12.8 Å². The average Bonchev–Trinajstić information content (AvgIpc) is 2.83. The van der Waals surface area contributed by atoms with E-state index < -0.39 is 0 Å². The molecule has 1 aliphatic carbocycles. The summed E-state index contributed by atoms with van der Waals surface area (Å²) in [5.74, 6) is 2.19. The maximum atomic E-state index is 12.3. The van der Waals surface area contributed by atoms with Gasteiger partial charge in [0.05, 0.1) is 31.0 Å². The molecule has 8 heteroatoms. The SMILES string of the molecule is Cc1nccc(CC2CCC(Oc3cc(N4CCOCC4)cc4ncc(=O)n(C)c34)CC2)n1. The molecular formula is C25H31N5O3. The molecule has 2 aromatic heterocycles. The van der Waals surface area contributed by atoms with E-state index in [2.05, 4.69) is 25.9 Å². The van der Waals surface area contributed by atoms with E-state index >= 15 is 0 Å². The lowest BCUT2D eigenvalue weighted by Gasteiger charge is -2.31. The Hall–Kier alpha value is -3.00. The summed E-state index contributed by atoms with van der Waals surface area (Å²) < 4.78 is 13.7. The van der Waals surface area contributed by atoms with Gasteiger partial charge < -0.3 is 18.9 Å². The highest BCUT2D eigenvalue weighted by atomic mass is 16.5. The molecule has 1 saturated carbocycles. The Morgan fingerprint density at radius 1 is 1.12 bits per heavy atom. The van der Waals surface area contributed by atoms with Crippen molar-refractivity contribution in [2.75, 3.05) is 31.2 Å². The zero-order valence-electron chi connectivity index (χ0n) is 19.4. The Bertz CT molecular complexity index is 1180. The van der Waals surface area contributed by atoms with Gasteiger partial charge in [-0.1, -0.05) is 0 Å². The maximum absolute atomic E-state index is 12.3. The molecule has 8 nitrogen and oxygen atoms in total. The van der Waals surface area contributed by atoms with Crippen LogP contribution in [-0.4, -0.2) is 51.9 Å². The summed E-state index contributed by atoms with van der Waals surface area (Å²) >= 11 is 0. The molecule has 1 aromatic carbocycles. The fraction of sp³-hybridized carbons (Fsp3) is 0.520. The van der Waals surface area contributed by atoms with Crippen molar-refractivity contribution in [1.82, 2.24) is 19.5 Å². The number of nitrogens with zero attached hydrogens (tertiary/aromatic N) is 5. The lowest BCUT2D eigenvalue weighted by atomic mass is 9.84. The van der Waals surface area contributed by atoms with Gasteiger partial charge in [0, 0.05) is 43.8 Å². The first kappa shape index (κ1) is 21.8. The first-order valence-electron chi connectivity index (χ1n) is 11.8. The van der Waals surface area contributed by atoms with Crippen LogP contribution in [0.1, 0.15) is 37.2 Å². The number of fused-ring (bicyclic) bond motifs is 1. The minimum absolute atomic E-state index is 0.129. The van der Waals surface area contributed by atoms with E-state index in [1.54, 1.807) is 11.6 Å². The highest BCUT2D eigenvalue weighted by Gasteiger charge is 2.25. The number of benzene rings is 1. The van der Waals surface area contributed by atoms with E-state index in [4.69, 9.17) is 9.47 Å². The molecule has 33 heavy (non-hydrogen) atoms. The van der Waals surface area contributed by atoms with E-state index in [9.17, 15) is 4.79 Å². The molecular weight excluding hydrogens is 418 g/mol. The Morgan fingerprint density at radius 2 is 1.91 bits per heavy atom. The predicted octanol–water partition coefficient (Wildman–Crippen LogP) is 3.05. The fourth-order valence-corrected chi connectivity index (χ4v) is 4.98. The molecule has 1 saturated heterocycles. The highest BCUT2D eigenvalue weighted by Crippen LogP contribution is 2.35. The van der Waals surface area contributed by atoms with Crippen molar-refractivity contribution in [3.8, 4) is 5.75 Å². The maximum Gasteiger partial charge on any atom is 0.269 e. The van der Waals surface area contributed by atoms with Crippen molar-refractivity contribution in [2.45, 2.75) is 45.1 Å². The number of ether oxygens (including phenoxy) is 2. The molecule has 3 heterocycles.